The van der Waals surface area contributed by atoms with E-state index in [9.17, 15) is 9.18 Å². The van der Waals surface area contributed by atoms with Crippen LogP contribution >= 0.6 is 0 Å². The van der Waals surface area contributed by atoms with Crippen molar-refractivity contribution in [3.63, 3.8) is 0 Å². The molecule has 1 aliphatic carbocycles. The lowest BCUT2D eigenvalue weighted by molar-refractivity contribution is -0.145. The van der Waals surface area contributed by atoms with Gasteiger partial charge in [-0.15, -0.1) is 0 Å². The molecule has 0 amide bonds. The lowest BCUT2D eigenvalue weighted by atomic mass is 9.84. The summed E-state index contributed by atoms with van der Waals surface area (Å²) in [5.41, 5.74) is 5.70. The van der Waals surface area contributed by atoms with Crippen LogP contribution in [0, 0.1) is 5.92 Å². The van der Waals surface area contributed by atoms with E-state index in [0.29, 0.717) is 31.8 Å². The minimum atomic E-state index is -0.653. The summed E-state index contributed by atoms with van der Waals surface area (Å²) in [6.07, 6.45) is 2.88. The number of rotatable bonds is 4. The first-order valence-corrected chi connectivity index (χ1v) is 5.69. The highest BCUT2D eigenvalue weighted by Crippen LogP contribution is 2.29. The molecule has 1 rings (SSSR count). The van der Waals surface area contributed by atoms with Crippen LogP contribution in [-0.2, 0) is 9.53 Å². The van der Waals surface area contributed by atoms with E-state index < -0.39 is 12.2 Å². The van der Waals surface area contributed by atoms with Crippen molar-refractivity contribution in [1.82, 2.24) is 0 Å². The van der Waals surface area contributed by atoms with Crippen LogP contribution in [0.3, 0.4) is 0 Å². The molecule has 0 aromatic rings. The molecule has 1 fully saturated rings. The van der Waals surface area contributed by atoms with Crippen molar-refractivity contribution in [2.24, 2.45) is 11.7 Å². The van der Waals surface area contributed by atoms with Crippen LogP contribution in [-0.4, -0.2) is 24.8 Å². The molecular formula is C11H20FNO2. The smallest absolute Gasteiger partial charge is 0.322 e. The van der Waals surface area contributed by atoms with Gasteiger partial charge in [-0.1, -0.05) is 0 Å². The first kappa shape index (κ1) is 12.4. The second-order valence-electron chi connectivity index (χ2n) is 4.21. The maximum atomic E-state index is 12.9. The fourth-order valence-corrected chi connectivity index (χ4v) is 2.06. The summed E-state index contributed by atoms with van der Waals surface area (Å²) in [6.45, 7) is 2.13. The maximum absolute atomic E-state index is 12.9. The van der Waals surface area contributed by atoms with Crippen molar-refractivity contribution in [3.05, 3.63) is 0 Å². The minimum Gasteiger partial charge on any atom is -0.465 e. The number of carbonyl (C=O) groups is 1. The van der Waals surface area contributed by atoms with E-state index in [4.69, 9.17) is 10.5 Å². The van der Waals surface area contributed by atoms with Crippen molar-refractivity contribution in [1.29, 1.82) is 0 Å². The number of esters is 1. The largest absolute Gasteiger partial charge is 0.465 e. The predicted molar refractivity (Wildman–Crippen MR) is 56.1 cm³/mol. The molecular weight excluding hydrogens is 197 g/mol. The molecule has 1 unspecified atom stereocenters. The zero-order chi connectivity index (χ0) is 11.3. The molecule has 3 nitrogen and oxygen atoms in total. The average molecular weight is 217 g/mol. The number of halogens is 1. The zero-order valence-corrected chi connectivity index (χ0v) is 9.25. The van der Waals surface area contributed by atoms with Crippen LogP contribution in [0.1, 0.15) is 39.0 Å². The monoisotopic (exact) mass is 217 g/mol. The molecule has 2 N–H and O–H groups in total. The van der Waals surface area contributed by atoms with Gasteiger partial charge in [-0.25, -0.2) is 4.39 Å². The molecule has 0 aromatic carbocycles. The number of hydrogen-bond donors (Lipinski definition) is 1. The molecule has 4 heteroatoms. The second-order valence-corrected chi connectivity index (χ2v) is 4.21. The Balaban J connectivity index is 2.25. The molecule has 1 atom stereocenters. The number of hydrogen-bond acceptors (Lipinski definition) is 3. The van der Waals surface area contributed by atoms with Crippen LogP contribution in [0.4, 0.5) is 4.39 Å². The maximum Gasteiger partial charge on any atom is 0.322 e. The fourth-order valence-electron chi connectivity index (χ4n) is 2.06. The van der Waals surface area contributed by atoms with Gasteiger partial charge >= 0.3 is 5.97 Å². The third kappa shape index (κ3) is 4.16. The molecule has 0 aliphatic heterocycles. The number of alkyl halides is 1. The zero-order valence-electron chi connectivity index (χ0n) is 9.25. The Bertz CT molecular complexity index is 203. The van der Waals surface area contributed by atoms with Gasteiger partial charge in [0.2, 0.25) is 0 Å². The van der Waals surface area contributed by atoms with Gasteiger partial charge < -0.3 is 10.5 Å². The number of nitrogens with two attached hydrogens (primary N) is 1. The van der Waals surface area contributed by atoms with Crippen molar-refractivity contribution in [2.45, 2.75) is 51.2 Å². The molecule has 1 aliphatic rings. The average Bonchev–Trinajstić information content (AvgIpc) is 2.22. The summed E-state index contributed by atoms with van der Waals surface area (Å²) in [6, 6.07) is -0.536. The fraction of sp³-hybridized carbons (Fsp3) is 0.909. The summed E-state index contributed by atoms with van der Waals surface area (Å²) < 4.78 is 17.7. The summed E-state index contributed by atoms with van der Waals surface area (Å²) in [5.74, 6) is 0.0521. The quantitative estimate of drug-likeness (QED) is 0.730. The van der Waals surface area contributed by atoms with E-state index in [1.54, 1.807) is 6.92 Å². The van der Waals surface area contributed by atoms with Crippen LogP contribution < -0.4 is 5.73 Å². The lowest BCUT2D eigenvalue weighted by Gasteiger charge is -2.25. The van der Waals surface area contributed by atoms with E-state index in [0.717, 1.165) is 12.8 Å². The van der Waals surface area contributed by atoms with Gasteiger partial charge in [0, 0.05) is 0 Å². The van der Waals surface area contributed by atoms with E-state index in [-0.39, 0.29) is 5.97 Å². The molecule has 0 radical (unpaired) electrons. The summed E-state index contributed by atoms with van der Waals surface area (Å²) in [4.78, 5) is 11.3. The molecule has 0 spiro atoms. The first-order chi connectivity index (χ1) is 7.13. The predicted octanol–water partition coefficient (Wildman–Crippen LogP) is 1.80. The molecule has 1 saturated carbocycles. The van der Waals surface area contributed by atoms with Crippen molar-refractivity contribution >= 4 is 5.97 Å². The Morgan fingerprint density at radius 1 is 1.47 bits per heavy atom. The standard InChI is InChI=1S/C11H20FNO2/c1-2-15-11(14)10(13)7-8-3-5-9(12)6-4-8/h8-10H,2-7,13H2,1H3. The molecule has 0 aromatic heterocycles. The highest BCUT2D eigenvalue weighted by Gasteiger charge is 2.25. The summed E-state index contributed by atoms with van der Waals surface area (Å²) >= 11 is 0. The SMILES string of the molecule is CCOC(=O)C(N)CC1CCC(F)CC1. The van der Waals surface area contributed by atoms with Gasteiger partial charge in [0.05, 0.1) is 6.61 Å². The van der Waals surface area contributed by atoms with Gasteiger partial charge in [-0.05, 0) is 44.9 Å². The first-order valence-electron chi connectivity index (χ1n) is 5.69. The molecule has 0 bridgehead atoms. The number of carbonyl (C=O) groups excluding carboxylic acids is 1. The Labute approximate surface area is 90.2 Å². The third-order valence-corrected chi connectivity index (χ3v) is 2.95. The number of ether oxygens (including phenoxy) is 1. The normalized spacial score (nSPS) is 28.5. The van der Waals surface area contributed by atoms with Gasteiger partial charge in [0.1, 0.15) is 12.2 Å². The van der Waals surface area contributed by atoms with Crippen LogP contribution in [0.25, 0.3) is 0 Å². The second kappa shape index (κ2) is 6.05. The van der Waals surface area contributed by atoms with E-state index in [2.05, 4.69) is 0 Å². The minimum absolute atomic E-state index is 0.333. The van der Waals surface area contributed by atoms with E-state index >= 15 is 0 Å². The van der Waals surface area contributed by atoms with Crippen LogP contribution in [0.15, 0.2) is 0 Å². The van der Waals surface area contributed by atoms with Crippen LogP contribution in [0.5, 0.6) is 0 Å². The Hall–Kier alpha value is -0.640. The molecule has 0 heterocycles. The van der Waals surface area contributed by atoms with Gasteiger partial charge in [0.15, 0.2) is 0 Å². The van der Waals surface area contributed by atoms with Gasteiger partial charge in [-0.2, -0.15) is 0 Å². The van der Waals surface area contributed by atoms with Gasteiger partial charge in [0.25, 0.3) is 0 Å². The third-order valence-electron chi connectivity index (χ3n) is 2.95. The van der Waals surface area contributed by atoms with Gasteiger partial charge in [-0.3, -0.25) is 4.79 Å². The topological polar surface area (TPSA) is 52.3 Å². The highest BCUT2D eigenvalue weighted by molar-refractivity contribution is 5.75. The van der Waals surface area contributed by atoms with Crippen molar-refractivity contribution in [3.8, 4) is 0 Å². The molecule has 15 heavy (non-hydrogen) atoms. The Kier molecular flexibility index (Phi) is 5.02. The Morgan fingerprint density at radius 3 is 2.60 bits per heavy atom. The molecule has 0 saturated heterocycles. The summed E-state index contributed by atoms with van der Waals surface area (Å²) in [7, 11) is 0. The van der Waals surface area contributed by atoms with E-state index in [1.165, 1.54) is 0 Å². The highest BCUT2D eigenvalue weighted by atomic mass is 19.1. The van der Waals surface area contributed by atoms with Crippen molar-refractivity contribution < 1.29 is 13.9 Å². The van der Waals surface area contributed by atoms with Crippen LogP contribution in [0.2, 0.25) is 0 Å². The lowest BCUT2D eigenvalue weighted by Crippen LogP contribution is -2.35. The molecule has 88 valence electrons. The Morgan fingerprint density at radius 2 is 2.07 bits per heavy atom. The van der Waals surface area contributed by atoms with E-state index in [1.807, 2.05) is 0 Å². The van der Waals surface area contributed by atoms with Crippen molar-refractivity contribution in [2.75, 3.05) is 6.61 Å². The summed E-state index contributed by atoms with van der Waals surface area (Å²) in [5, 5.41) is 0.